The molecule has 0 bridgehead atoms. The highest BCUT2D eigenvalue weighted by Gasteiger charge is 2.27. The molecule has 0 aliphatic carbocycles. The molecule has 3 rings (SSSR count). The Kier molecular flexibility index (Phi) is 8.51. The van der Waals surface area contributed by atoms with Gasteiger partial charge in [-0.25, -0.2) is 13.8 Å². The van der Waals surface area contributed by atoms with E-state index >= 15 is 0 Å². The molecule has 34 heavy (non-hydrogen) atoms. The Morgan fingerprint density at radius 3 is 2.26 bits per heavy atom. The first-order chi connectivity index (χ1) is 16.1. The maximum Gasteiger partial charge on any atom is 0.269 e. The van der Waals surface area contributed by atoms with E-state index in [9.17, 15) is 23.3 Å². The lowest BCUT2D eigenvalue weighted by Gasteiger charge is -2.21. The van der Waals surface area contributed by atoms with Crippen LogP contribution < -0.4 is 5.43 Å². The van der Waals surface area contributed by atoms with Crippen LogP contribution in [0.15, 0.2) is 87.3 Å². The minimum Gasteiger partial charge on any atom is -0.272 e. The van der Waals surface area contributed by atoms with E-state index < -0.39 is 27.4 Å². The average molecular weight is 566 g/mol. The minimum absolute atomic E-state index is 0.00353. The third-order valence-electron chi connectivity index (χ3n) is 4.55. The molecule has 0 unspecified atom stereocenters. The molecule has 0 aliphatic heterocycles. The van der Waals surface area contributed by atoms with Crippen LogP contribution in [-0.2, 0) is 21.4 Å². The molecule has 0 spiro atoms. The predicted molar refractivity (Wildman–Crippen MR) is 132 cm³/mol. The molecule has 0 heterocycles. The zero-order valence-electron chi connectivity index (χ0n) is 17.5. The first-order valence-electron chi connectivity index (χ1n) is 9.72. The van der Waals surface area contributed by atoms with Crippen molar-refractivity contribution < 1.29 is 18.1 Å². The van der Waals surface area contributed by atoms with Crippen molar-refractivity contribution in [1.82, 2.24) is 9.73 Å². The number of nitro benzene ring substituents is 1. The van der Waals surface area contributed by atoms with Crippen molar-refractivity contribution in [3.63, 3.8) is 0 Å². The number of nitrogens with one attached hydrogen (secondary N) is 1. The lowest BCUT2D eigenvalue weighted by molar-refractivity contribution is -0.384. The maximum absolute atomic E-state index is 13.2. The molecule has 9 nitrogen and oxygen atoms in total. The predicted octanol–water partition coefficient (Wildman–Crippen LogP) is 4.35. The molecule has 0 fully saturated rings. The van der Waals surface area contributed by atoms with Gasteiger partial charge in [-0.3, -0.25) is 14.9 Å². The van der Waals surface area contributed by atoms with Crippen LogP contribution in [0.4, 0.5) is 5.69 Å². The number of benzene rings is 3. The zero-order valence-corrected chi connectivity index (χ0v) is 20.6. The highest BCUT2D eigenvalue weighted by atomic mass is 79.9. The smallest absolute Gasteiger partial charge is 0.269 e. The number of hydrazone groups is 1. The Labute approximate surface area is 209 Å². The summed E-state index contributed by atoms with van der Waals surface area (Å²) < 4.78 is 28.3. The van der Waals surface area contributed by atoms with Gasteiger partial charge in [-0.2, -0.15) is 9.41 Å². The van der Waals surface area contributed by atoms with Crippen LogP contribution in [-0.4, -0.2) is 36.3 Å². The van der Waals surface area contributed by atoms with Crippen LogP contribution in [0.2, 0.25) is 5.02 Å². The number of carbonyl (C=O) groups excluding carboxylic acids is 1. The number of non-ortho nitro benzene ring substituents is 1. The third-order valence-corrected chi connectivity index (χ3v) is 7.14. The molecule has 0 aromatic heterocycles. The van der Waals surface area contributed by atoms with Crippen molar-refractivity contribution in [2.24, 2.45) is 5.10 Å². The average Bonchev–Trinajstić information content (AvgIpc) is 2.80. The summed E-state index contributed by atoms with van der Waals surface area (Å²) in [5.74, 6) is -0.659. The zero-order chi connectivity index (χ0) is 24.7. The molecule has 0 radical (unpaired) electrons. The van der Waals surface area contributed by atoms with E-state index in [0.29, 0.717) is 16.1 Å². The summed E-state index contributed by atoms with van der Waals surface area (Å²) in [6.45, 7) is -0.531. The monoisotopic (exact) mass is 564 g/mol. The fourth-order valence-corrected chi connectivity index (χ4v) is 4.61. The molecule has 0 aliphatic rings. The summed E-state index contributed by atoms with van der Waals surface area (Å²) >= 11 is 9.21. The maximum atomic E-state index is 13.2. The Hall–Kier alpha value is -3.12. The first kappa shape index (κ1) is 25.5. The first-order valence-corrected chi connectivity index (χ1v) is 12.3. The van der Waals surface area contributed by atoms with E-state index in [4.69, 9.17) is 11.6 Å². The van der Waals surface area contributed by atoms with Crippen molar-refractivity contribution in [2.75, 3.05) is 6.54 Å². The molecule has 176 valence electrons. The van der Waals surface area contributed by atoms with E-state index in [-0.39, 0.29) is 17.1 Å². The lowest BCUT2D eigenvalue weighted by atomic mass is 10.2. The molecular formula is C22H18BrClN4O5S. The number of halogens is 2. The summed E-state index contributed by atoms with van der Waals surface area (Å²) in [5, 5.41) is 14.9. The van der Waals surface area contributed by atoms with Crippen LogP contribution in [0.1, 0.15) is 11.1 Å². The number of sulfonamides is 1. The van der Waals surface area contributed by atoms with Gasteiger partial charge >= 0.3 is 0 Å². The Morgan fingerprint density at radius 1 is 1.06 bits per heavy atom. The van der Waals surface area contributed by atoms with E-state index in [1.807, 2.05) is 0 Å². The van der Waals surface area contributed by atoms with Crippen molar-refractivity contribution in [3.8, 4) is 0 Å². The van der Waals surface area contributed by atoms with Crippen molar-refractivity contribution in [2.45, 2.75) is 11.4 Å². The summed E-state index contributed by atoms with van der Waals surface area (Å²) in [6.07, 6.45) is 1.30. The number of rotatable bonds is 9. The van der Waals surface area contributed by atoms with Gasteiger partial charge in [0.25, 0.3) is 11.6 Å². The van der Waals surface area contributed by atoms with E-state index in [1.54, 1.807) is 24.3 Å². The molecule has 1 N–H and O–H groups in total. The Morgan fingerprint density at radius 2 is 1.68 bits per heavy atom. The highest BCUT2D eigenvalue weighted by Crippen LogP contribution is 2.21. The summed E-state index contributed by atoms with van der Waals surface area (Å²) in [6, 6.07) is 18.3. The molecule has 0 saturated heterocycles. The second-order valence-corrected chi connectivity index (χ2v) is 10.3. The van der Waals surface area contributed by atoms with Crippen LogP contribution in [0.5, 0.6) is 0 Å². The van der Waals surface area contributed by atoms with Gasteiger partial charge in [0.15, 0.2) is 0 Å². The van der Waals surface area contributed by atoms with Crippen LogP contribution in [0.3, 0.4) is 0 Å². The van der Waals surface area contributed by atoms with Gasteiger partial charge in [0, 0.05) is 28.2 Å². The summed E-state index contributed by atoms with van der Waals surface area (Å²) in [5.41, 5.74) is 3.42. The lowest BCUT2D eigenvalue weighted by Crippen LogP contribution is -2.39. The van der Waals surface area contributed by atoms with E-state index in [1.165, 1.54) is 54.7 Å². The molecular weight excluding hydrogens is 548 g/mol. The van der Waals surface area contributed by atoms with Gasteiger partial charge in [-0.15, -0.1) is 0 Å². The SMILES string of the molecule is O=C(CN(Cc1ccc(Br)cc1)S(=O)(=O)c1ccc(Cl)cc1)N/N=C\c1ccc([N+](=O)[O-])cc1. The second-order valence-electron chi connectivity index (χ2n) is 7.00. The number of nitrogens with zero attached hydrogens (tertiary/aromatic N) is 3. The van der Waals surface area contributed by atoms with Crippen LogP contribution in [0.25, 0.3) is 0 Å². The topological polar surface area (TPSA) is 122 Å². The van der Waals surface area contributed by atoms with Crippen LogP contribution in [0, 0.1) is 10.1 Å². The largest absolute Gasteiger partial charge is 0.272 e. The quantitative estimate of drug-likeness (QED) is 0.235. The molecule has 3 aromatic rings. The standard InChI is InChI=1S/C22H18BrClN4O5S/c23-18-5-1-17(2-6-18)14-27(34(32,33)21-11-7-19(24)8-12-21)15-22(29)26-25-13-16-3-9-20(10-4-16)28(30)31/h1-13H,14-15H2,(H,26,29)/b25-13-. The van der Waals surface area contributed by atoms with Crippen LogP contribution >= 0.6 is 27.5 Å². The highest BCUT2D eigenvalue weighted by molar-refractivity contribution is 9.10. The number of carbonyl (C=O) groups is 1. The molecule has 3 aromatic carbocycles. The Bertz CT molecular complexity index is 1300. The number of hydrogen-bond donors (Lipinski definition) is 1. The van der Waals surface area contributed by atoms with Gasteiger partial charge in [-0.05, 0) is 59.7 Å². The summed E-state index contributed by atoms with van der Waals surface area (Å²) in [4.78, 5) is 22.7. The van der Waals surface area contributed by atoms with Crippen molar-refractivity contribution in [3.05, 3.63) is 104 Å². The number of amides is 1. The third kappa shape index (κ3) is 6.94. The van der Waals surface area contributed by atoms with E-state index in [2.05, 4.69) is 26.5 Å². The molecule has 0 atom stereocenters. The van der Waals surface area contributed by atoms with Gasteiger partial charge in [0.2, 0.25) is 10.0 Å². The molecule has 1 amide bonds. The Balaban J connectivity index is 1.75. The second kappa shape index (κ2) is 11.3. The van der Waals surface area contributed by atoms with E-state index in [0.717, 1.165) is 8.78 Å². The van der Waals surface area contributed by atoms with Crippen molar-refractivity contribution >= 4 is 55.4 Å². The summed E-state index contributed by atoms with van der Waals surface area (Å²) in [7, 11) is -4.02. The van der Waals surface area contributed by atoms with Gasteiger partial charge in [0.05, 0.1) is 22.6 Å². The normalized spacial score (nSPS) is 11.6. The van der Waals surface area contributed by atoms with Gasteiger partial charge in [0.1, 0.15) is 0 Å². The molecule has 12 heteroatoms. The minimum atomic E-state index is -4.02. The van der Waals surface area contributed by atoms with Gasteiger partial charge in [-0.1, -0.05) is 39.7 Å². The van der Waals surface area contributed by atoms with Crippen molar-refractivity contribution in [1.29, 1.82) is 0 Å². The fourth-order valence-electron chi connectivity index (χ4n) is 2.83. The number of nitro groups is 1. The van der Waals surface area contributed by atoms with Gasteiger partial charge < -0.3 is 0 Å². The fraction of sp³-hybridized carbons (Fsp3) is 0.0909. The molecule has 0 saturated carbocycles. The number of hydrogen-bond acceptors (Lipinski definition) is 6.